The molecule has 1 heterocycles. The molecule has 0 aliphatic carbocycles. The highest BCUT2D eigenvalue weighted by atomic mass is 16.5. The summed E-state index contributed by atoms with van der Waals surface area (Å²) in [5.74, 6) is 0.784. The van der Waals surface area contributed by atoms with E-state index in [4.69, 9.17) is 4.74 Å². The van der Waals surface area contributed by atoms with Crippen molar-refractivity contribution < 1.29 is 4.74 Å². The molecule has 0 saturated carbocycles. The number of hydrogen-bond donors (Lipinski definition) is 1. The Morgan fingerprint density at radius 3 is 2.71 bits per heavy atom. The summed E-state index contributed by atoms with van der Waals surface area (Å²) in [6, 6.07) is 9.49. The van der Waals surface area contributed by atoms with E-state index in [9.17, 15) is 4.79 Å². The van der Waals surface area contributed by atoms with Crippen molar-refractivity contribution in [3.05, 3.63) is 40.7 Å². The van der Waals surface area contributed by atoms with Crippen molar-refractivity contribution in [3.63, 3.8) is 0 Å². The van der Waals surface area contributed by atoms with Crippen molar-refractivity contribution in [1.29, 1.82) is 0 Å². The van der Waals surface area contributed by atoms with E-state index < -0.39 is 0 Å². The van der Waals surface area contributed by atoms with Gasteiger partial charge in [-0.25, -0.2) is 0 Å². The van der Waals surface area contributed by atoms with Gasteiger partial charge in [-0.05, 0) is 26.0 Å². The van der Waals surface area contributed by atoms with Crippen molar-refractivity contribution in [2.75, 3.05) is 7.11 Å². The molecule has 1 aromatic carbocycles. The molecule has 0 saturated heterocycles. The van der Waals surface area contributed by atoms with Gasteiger partial charge in [-0.1, -0.05) is 12.1 Å². The molecule has 2 rings (SSSR count). The number of H-pyrrole nitrogens is 1. The van der Waals surface area contributed by atoms with Gasteiger partial charge in [-0.2, -0.15) is 0 Å². The third kappa shape index (κ3) is 2.25. The Kier molecular flexibility index (Phi) is 3.04. The molecule has 2 aromatic rings. The van der Waals surface area contributed by atoms with Crippen LogP contribution in [0.15, 0.2) is 35.1 Å². The van der Waals surface area contributed by atoms with E-state index in [1.807, 2.05) is 42.8 Å². The molecule has 0 amide bonds. The van der Waals surface area contributed by atoms with Crippen molar-refractivity contribution in [2.24, 2.45) is 0 Å². The predicted octanol–water partition coefficient (Wildman–Crippen LogP) is 2.43. The molecule has 1 N–H and O–H groups in total. The number of nitrogens with one attached hydrogen (secondary N) is 1. The molecule has 0 atom stereocenters. The lowest BCUT2D eigenvalue weighted by Gasteiger charge is -2.12. The molecule has 0 aliphatic heterocycles. The number of ether oxygens (including phenoxy) is 1. The fourth-order valence-electron chi connectivity index (χ4n) is 1.82. The SMILES string of the molecule is COc1cccc(-c2cc(=O)[nH]n2C(C)C)c1. The van der Waals surface area contributed by atoms with E-state index in [-0.39, 0.29) is 11.6 Å². The van der Waals surface area contributed by atoms with Crippen LogP contribution in [0.1, 0.15) is 19.9 Å². The topological polar surface area (TPSA) is 47.0 Å². The number of aromatic amines is 1. The van der Waals surface area contributed by atoms with Gasteiger partial charge in [-0.15, -0.1) is 0 Å². The second-order valence-electron chi connectivity index (χ2n) is 4.20. The summed E-state index contributed by atoms with van der Waals surface area (Å²) in [4.78, 5) is 11.4. The van der Waals surface area contributed by atoms with Gasteiger partial charge in [0.2, 0.25) is 0 Å². The first-order valence-corrected chi connectivity index (χ1v) is 5.58. The number of benzene rings is 1. The van der Waals surface area contributed by atoms with Gasteiger partial charge in [0.25, 0.3) is 5.56 Å². The highest BCUT2D eigenvalue weighted by Crippen LogP contribution is 2.24. The smallest absolute Gasteiger partial charge is 0.264 e. The fraction of sp³-hybridized carbons (Fsp3) is 0.308. The summed E-state index contributed by atoms with van der Waals surface area (Å²) in [5.41, 5.74) is 1.76. The van der Waals surface area contributed by atoms with Crippen LogP contribution < -0.4 is 10.3 Å². The molecule has 4 heteroatoms. The Hall–Kier alpha value is -1.97. The molecule has 90 valence electrons. The minimum Gasteiger partial charge on any atom is -0.497 e. The standard InChI is InChI=1S/C13H16N2O2/c1-9(2)15-12(8-13(16)14-15)10-5-4-6-11(7-10)17-3/h4-9H,1-3H3,(H,14,16). The number of rotatable bonds is 3. The summed E-state index contributed by atoms with van der Waals surface area (Å²) >= 11 is 0. The zero-order chi connectivity index (χ0) is 12.4. The lowest BCUT2D eigenvalue weighted by Crippen LogP contribution is -2.08. The fourth-order valence-corrected chi connectivity index (χ4v) is 1.82. The molecule has 0 radical (unpaired) electrons. The van der Waals surface area contributed by atoms with Crippen LogP contribution in [0.25, 0.3) is 11.3 Å². The predicted molar refractivity (Wildman–Crippen MR) is 67.4 cm³/mol. The van der Waals surface area contributed by atoms with E-state index in [1.165, 1.54) is 0 Å². The van der Waals surface area contributed by atoms with E-state index in [0.717, 1.165) is 17.0 Å². The lowest BCUT2D eigenvalue weighted by molar-refractivity contribution is 0.415. The Morgan fingerprint density at radius 1 is 1.29 bits per heavy atom. The number of methoxy groups -OCH3 is 1. The summed E-state index contributed by atoms with van der Waals surface area (Å²) in [6.07, 6.45) is 0. The molecule has 0 unspecified atom stereocenters. The van der Waals surface area contributed by atoms with Crippen LogP contribution in [0.4, 0.5) is 0 Å². The molecule has 4 nitrogen and oxygen atoms in total. The Morgan fingerprint density at radius 2 is 2.06 bits per heavy atom. The number of hydrogen-bond acceptors (Lipinski definition) is 2. The highest BCUT2D eigenvalue weighted by molar-refractivity contribution is 5.61. The van der Waals surface area contributed by atoms with E-state index in [2.05, 4.69) is 5.10 Å². The van der Waals surface area contributed by atoms with Gasteiger partial charge < -0.3 is 4.74 Å². The first kappa shape index (κ1) is 11.5. The Bertz CT molecular complexity index is 567. The molecule has 0 aliphatic rings. The molecule has 17 heavy (non-hydrogen) atoms. The van der Waals surface area contributed by atoms with Gasteiger partial charge in [0, 0.05) is 17.7 Å². The zero-order valence-electron chi connectivity index (χ0n) is 10.2. The maximum Gasteiger partial charge on any atom is 0.264 e. The lowest BCUT2D eigenvalue weighted by atomic mass is 10.1. The summed E-state index contributed by atoms with van der Waals surface area (Å²) < 4.78 is 7.04. The third-order valence-electron chi connectivity index (χ3n) is 2.64. The van der Waals surface area contributed by atoms with Gasteiger partial charge >= 0.3 is 0 Å². The van der Waals surface area contributed by atoms with Crippen LogP contribution >= 0.6 is 0 Å². The van der Waals surface area contributed by atoms with Crippen molar-refractivity contribution >= 4 is 0 Å². The minimum atomic E-state index is -0.0866. The summed E-state index contributed by atoms with van der Waals surface area (Å²) in [5, 5.41) is 2.80. The Balaban J connectivity index is 2.55. The van der Waals surface area contributed by atoms with Gasteiger partial charge in [-0.3, -0.25) is 14.6 Å². The maximum atomic E-state index is 11.4. The van der Waals surface area contributed by atoms with Crippen LogP contribution in [0.2, 0.25) is 0 Å². The summed E-state index contributed by atoms with van der Waals surface area (Å²) in [7, 11) is 1.63. The molecule has 0 fully saturated rings. The normalized spacial score (nSPS) is 10.8. The Labute approximate surface area is 99.8 Å². The first-order valence-electron chi connectivity index (χ1n) is 5.58. The van der Waals surface area contributed by atoms with Crippen LogP contribution in [-0.4, -0.2) is 16.9 Å². The molecule has 1 aromatic heterocycles. The highest BCUT2D eigenvalue weighted by Gasteiger charge is 2.10. The number of nitrogens with zero attached hydrogens (tertiary/aromatic N) is 1. The molecular formula is C13H16N2O2. The second kappa shape index (κ2) is 4.49. The molecule has 0 bridgehead atoms. The minimum absolute atomic E-state index is 0.0866. The van der Waals surface area contributed by atoms with E-state index >= 15 is 0 Å². The first-order chi connectivity index (χ1) is 8.11. The van der Waals surface area contributed by atoms with E-state index in [0.29, 0.717) is 0 Å². The third-order valence-corrected chi connectivity index (χ3v) is 2.64. The monoisotopic (exact) mass is 232 g/mol. The van der Waals surface area contributed by atoms with Gasteiger partial charge in [0.1, 0.15) is 5.75 Å². The van der Waals surface area contributed by atoms with Crippen molar-refractivity contribution in [3.8, 4) is 17.0 Å². The largest absolute Gasteiger partial charge is 0.497 e. The van der Waals surface area contributed by atoms with Gasteiger partial charge in [0.05, 0.1) is 12.8 Å². The average molecular weight is 232 g/mol. The van der Waals surface area contributed by atoms with Crippen LogP contribution in [-0.2, 0) is 0 Å². The van der Waals surface area contributed by atoms with Crippen molar-refractivity contribution in [1.82, 2.24) is 9.78 Å². The summed E-state index contributed by atoms with van der Waals surface area (Å²) in [6.45, 7) is 4.05. The quantitative estimate of drug-likeness (QED) is 0.883. The number of aromatic nitrogens is 2. The van der Waals surface area contributed by atoms with Crippen LogP contribution in [0.3, 0.4) is 0 Å². The molecule has 0 spiro atoms. The van der Waals surface area contributed by atoms with Crippen LogP contribution in [0.5, 0.6) is 5.75 Å². The average Bonchev–Trinajstić information content (AvgIpc) is 2.72. The van der Waals surface area contributed by atoms with E-state index in [1.54, 1.807) is 13.2 Å². The molecular weight excluding hydrogens is 216 g/mol. The maximum absolute atomic E-state index is 11.4. The second-order valence-corrected chi connectivity index (χ2v) is 4.20. The van der Waals surface area contributed by atoms with Gasteiger partial charge in [0.15, 0.2) is 0 Å². The zero-order valence-corrected chi connectivity index (χ0v) is 10.2. The van der Waals surface area contributed by atoms with Crippen molar-refractivity contribution in [2.45, 2.75) is 19.9 Å². The van der Waals surface area contributed by atoms with Crippen LogP contribution in [0, 0.1) is 0 Å².